The first-order valence-electron chi connectivity index (χ1n) is 8.50. The van der Waals surface area contributed by atoms with Crippen molar-refractivity contribution in [1.82, 2.24) is 4.90 Å². The van der Waals surface area contributed by atoms with Crippen molar-refractivity contribution >= 4 is 27.3 Å². The van der Waals surface area contributed by atoms with Gasteiger partial charge in [0, 0.05) is 17.8 Å². The van der Waals surface area contributed by atoms with Crippen LogP contribution in [-0.2, 0) is 0 Å². The van der Waals surface area contributed by atoms with Gasteiger partial charge in [0.05, 0.1) is 3.79 Å². The summed E-state index contributed by atoms with van der Waals surface area (Å²) in [5.41, 5.74) is 0. The van der Waals surface area contributed by atoms with Gasteiger partial charge in [-0.05, 0) is 78.6 Å². The second-order valence-corrected chi connectivity index (χ2v) is 8.72. The van der Waals surface area contributed by atoms with Crippen LogP contribution in [0.5, 0.6) is 17.2 Å². The Kier molecular flexibility index (Phi) is 6.72. The Hall–Kier alpha value is -1.82. The second kappa shape index (κ2) is 9.21. The minimum atomic E-state index is 0.0367. The molecule has 26 heavy (non-hydrogen) atoms. The molecule has 0 spiro atoms. The maximum Gasteiger partial charge on any atom is 0.134 e. The summed E-state index contributed by atoms with van der Waals surface area (Å²) in [5.74, 6) is 2.47. The summed E-state index contributed by atoms with van der Waals surface area (Å²) in [4.78, 5) is 3.40. The van der Waals surface area contributed by atoms with Crippen molar-refractivity contribution in [3.63, 3.8) is 0 Å². The first kappa shape index (κ1) is 19.0. The van der Waals surface area contributed by atoms with Crippen molar-refractivity contribution in [3.05, 3.63) is 75.4 Å². The van der Waals surface area contributed by atoms with E-state index in [1.807, 2.05) is 54.6 Å². The monoisotopic (exact) mass is 431 g/mol. The lowest BCUT2D eigenvalue weighted by molar-refractivity contribution is 0.183. The Balaban J connectivity index is 1.68. The van der Waals surface area contributed by atoms with Crippen LogP contribution >= 0.6 is 27.3 Å². The van der Waals surface area contributed by atoms with Gasteiger partial charge >= 0.3 is 0 Å². The molecule has 1 unspecified atom stereocenters. The van der Waals surface area contributed by atoms with E-state index in [0.29, 0.717) is 0 Å². The summed E-state index contributed by atoms with van der Waals surface area (Å²) in [7, 11) is 4.16. The molecule has 1 heterocycles. The van der Waals surface area contributed by atoms with E-state index in [-0.39, 0.29) is 6.10 Å². The van der Waals surface area contributed by atoms with Gasteiger partial charge in [0.1, 0.15) is 23.4 Å². The average molecular weight is 432 g/mol. The Morgan fingerprint density at radius 2 is 1.54 bits per heavy atom. The van der Waals surface area contributed by atoms with Crippen molar-refractivity contribution in [1.29, 1.82) is 0 Å². The molecule has 0 amide bonds. The van der Waals surface area contributed by atoms with Crippen LogP contribution in [0.15, 0.2) is 70.5 Å². The molecule has 0 fully saturated rings. The van der Waals surface area contributed by atoms with Crippen LogP contribution in [0.4, 0.5) is 0 Å². The number of hydrogen-bond acceptors (Lipinski definition) is 4. The summed E-state index contributed by atoms with van der Waals surface area (Å²) in [5, 5.41) is 0. The Morgan fingerprint density at radius 1 is 0.885 bits per heavy atom. The fourth-order valence-corrected chi connectivity index (χ4v) is 4.00. The SMILES string of the molecule is CN(C)CCC(Oc1ccc(Oc2ccccc2)cc1)c1ccc(Br)s1. The quantitative estimate of drug-likeness (QED) is 0.413. The predicted octanol–water partition coefficient (Wildman–Crippen LogP) is 6.37. The van der Waals surface area contributed by atoms with Gasteiger partial charge in [-0.3, -0.25) is 0 Å². The molecule has 0 saturated heterocycles. The van der Waals surface area contributed by atoms with Gasteiger partial charge in [-0.2, -0.15) is 0 Å². The minimum absolute atomic E-state index is 0.0367. The molecule has 1 aromatic heterocycles. The number of rotatable bonds is 8. The summed E-state index contributed by atoms with van der Waals surface area (Å²) in [6.45, 7) is 0.968. The van der Waals surface area contributed by atoms with Crippen LogP contribution in [0.1, 0.15) is 17.4 Å². The first-order chi connectivity index (χ1) is 12.6. The highest BCUT2D eigenvalue weighted by molar-refractivity contribution is 9.11. The highest BCUT2D eigenvalue weighted by Crippen LogP contribution is 2.33. The smallest absolute Gasteiger partial charge is 0.134 e. The van der Waals surface area contributed by atoms with Crippen LogP contribution < -0.4 is 9.47 Å². The lowest BCUT2D eigenvalue weighted by Crippen LogP contribution is -2.18. The molecule has 0 aliphatic rings. The van der Waals surface area contributed by atoms with E-state index in [9.17, 15) is 0 Å². The van der Waals surface area contributed by atoms with Crippen LogP contribution in [0, 0.1) is 0 Å². The highest BCUT2D eigenvalue weighted by Gasteiger charge is 2.16. The summed E-state index contributed by atoms with van der Waals surface area (Å²) >= 11 is 5.26. The topological polar surface area (TPSA) is 21.7 Å². The molecule has 0 N–H and O–H groups in total. The predicted molar refractivity (Wildman–Crippen MR) is 112 cm³/mol. The van der Waals surface area contributed by atoms with E-state index < -0.39 is 0 Å². The van der Waals surface area contributed by atoms with E-state index >= 15 is 0 Å². The zero-order chi connectivity index (χ0) is 18.4. The fraction of sp³-hybridized carbons (Fsp3) is 0.238. The van der Waals surface area contributed by atoms with Crippen molar-refractivity contribution in [2.75, 3.05) is 20.6 Å². The molecule has 0 saturated carbocycles. The number of para-hydroxylation sites is 1. The maximum atomic E-state index is 6.28. The van der Waals surface area contributed by atoms with Crippen LogP contribution in [0.2, 0.25) is 0 Å². The molecule has 5 heteroatoms. The number of ether oxygens (including phenoxy) is 2. The van der Waals surface area contributed by atoms with Gasteiger partial charge < -0.3 is 14.4 Å². The molecule has 0 bridgehead atoms. The van der Waals surface area contributed by atoms with Gasteiger partial charge in [0.2, 0.25) is 0 Å². The Bertz CT molecular complexity index is 802. The van der Waals surface area contributed by atoms with Gasteiger partial charge in [0.25, 0.3) is 0 Å². The van der Waals surface area contributed by atoms with Gasteiger partial charge in [-0.15, -0.1) is 11.3 Å². The molecule has 2 aromatic carbocycles. The molecule has 0 aliphatic carbocycles. The zero-order valence-electron chi connectivity index (χ0n) is 14.9. The van der Waals surface area contributed by atoms with E-state index in [2.05, 4.69) is 47.1 Å². The number of benzene rings is 2. The van der Waals surface area contributed by atoms with E-state index in [0.717, 1.165) is 34.0 Å². The van der Waals surface area contributed by atoms with E-state index in [1.54, 1.807) is 11.3 Å². The number of nitrogens with zero attached hydrogens (tertiary/aromatic N) is 1. The van der Waals surface area contributed by atoms with Crippen molar-refractivity contribution < 1.29 is 9.47 Å². The van der Waals surface area contributed by atoms with Gasteiger partial charge in [-0.25, -0.2) is 0 Å². The lowest BCUT2D eigenvalue weighted by Gasteiger charge is -2.20. The average Bonchev–Trinajstić information content (AvgIpc) is 3.07. The van der Waals surface area contributed by atoms with E-state index in [4.69, 9.17) is 9.47 Å². The van der Waals surface area contributed by atoms with Crippen molar-refractivity contribution in [2.24, 2.45) is 0 Å². The molecule has 3 nitrogen and oxygen atoms in total. The number of thiophene rings is 1. The number of hydrogen-bond donors (Lipinski definition) is 0. The molecule has 1 atom stereocenters. The fourth-order valence-electron chi connectivity index (χ4n) is 2.51. The van der Waals surface area contributed by atoms with Crippen LogP contribution in [0.25, 0.3) is 0 Å². The number of halogens is 1. The Labute approximate surface area is 167 Å². The van der Waals surface area contributed by atoms with E-state index in [1.165, 1.54) is 4.88 Å². The first-order valence-corrected chi connectivity index (χ1v) is 10.1. The van der Waals surface area contributed by atoms with Gasteiger partial charge in [0.15, 0.2) is 0 Å². The summed E-state index contributed by atoms with van der Waals surface area (Å²) < 4.78 is 13.2. The third kappa shape index (κ3) is 5.59. The third-order valence-electron chi connectivity index (χ3n) is 3.83. The Morgan fingerprint density at radius 3 is 2.15 bits per heavy atom. The minimum Gasteiger partial charge on any atom is -0.485 e. The standard InChI is InChI=1S/C21H22BrNO2S/c1-23(2)15-14-19(20-12-13-21(22)26-20)25-18-10-8-17(9-11-18)24-16-6-4-3-5-7-16/h3-13,19H,14-15H2,1-2H3. The molecule has 3 aromatic rings. The van der Waals surface area contributed by atoms with Crippen molar-refractivity contribution in [3.8, 4) is 17.2 Å². The third-order valence-corrected chi connectivity index (χ3v) is 5.55. The van der Waals surface area contributed by atoms with Crippen LogP contribution in [0.3, 0.4) is 0 Å². The molecular weight excluding hydrogens is 410 g/mol. The molecular formula is C21H22BrNO2S. The van der Waals surface area contributed by atoms with Crippen molar-refractivity contribution in [2.45, 2.75) is 12.5 Å². The lowest BCUT2D eigenvalue weighted by atomic mass is 10.2. The molecule has 3 rings (SSSR count). The zero-order valence-corrected chi connectivity index (χ0v) is 17.3. The largest absolute Gasteiger partial charge is 0.485 e. The van der Waals surface area contributed by atoms with Gasteiger partial charge in [-0.1, -0.05) is 18.2 Å². The normalized spacial score (nSPS) is 12.2. The summed E-state index contributed by atoms with van der Waals surface area (Å²) in [6, 6.07) is 21.8. The maximum absolute atomic E-state index is 6.28. The van der Waals surface area contributed by atoms with Crippen LogP contribution in [-0.4, -0.2) is 25.5 Å². The second-order valence-electron chi connectivity index (χ2n) is 6.23. The molecule has 136 valence electrons. The molecule has 0 aliphatic heterocycles. The highest BCUT2D eigenvalue weighted by atomic mass is 79.9. The summed E-state index contributed by atoms with van der Waals surface area (Å²) in [6.07, 6.45) is 0.969. The molecule has 0 radical (unpaired) electrons.